The lowest BCUT2D eigenvalue weighted by Crippen LogP contribution is -2.35. The lowest BCUT2D eigenvalue weighted by Gasteiger charge is -2.09. The highest BCUT2D eigenvalue weighted by atomic mass is 15.4. The molecule has 4 aromatic carbocycles. The third kappa shape index (κ3) is 4.51. The molecule has 0 saturated carbocycles. The molecule has 2 heteroatoms. The van der Waals surface area contributed by atoms with Crippen LogP contribution in [0.4, 0.5) is 0 Å². The van der Waals surface area contributed by atoms with Gasteiger partial charge in [-0.15, -0.1) is 0 Å². The molecule has 0 unspecified atom stereocenters. The smallest absolute Gasteiger partial charge is 0.0622 e. The van der Waals surface area contributed by atoms with Crippen LogP contribution in [0.15, 0.2) is 139 Å². The van der Waals surface area contributed by atoms with E-state index >= 15 is 0 Å². The molecule has 0 aliphatic rings. The van der Waals surface area contributed by atoms with E-state index in [0.29, 0.717) is 0 Å². The van der Waals surface area contributed by atoms with E-state index in [1.807, 2.05) is 30.3 Å². The van der Waals surface area contributed by atoms with Crippen LogP contribution < -0.4 is 4.68 Å². The predicted molar refractivity (Wildman–Crippen MR) is 137 cm³/mol. The third-order valence-corrected chi connectivity index (χ3v) is 5.73. The summed E-state index contributed by atoms with van der Waals surface area (Å²) in [5.41, 5.74) is 8.75. The number of hydrogen-bond donors (Lipinski definition) is 0. The molecular formula is C31H25N2+. The molecule has 5 rings (SSSR count). The molecule has 0 atom stereocenters. The third-order valence-electron chi connectivity index (χ3n) is 5.73. The van der Waals surface area contributed by atoms with Crippen LogP contribution >= 0.6 is 0 Å². The first-order chi connectivity index (χ1) is 16.3. The normalized spacial score (nSPS) is 11.4. The van der Waals surface area contributed by atoms with Gasteiger partial charge < -0.3 is 0 Å². The Morgan fingerprint density at radius 1 is 0.485 bits per heavy atom. The number of hydrogen-bond acceptors (Lipinski definition) is 1. The second-order valence-electron chi connectivity index (χ2n) is 7.98. The molecule has 1 heterocycles. The summed E-state index contributed by atoms with van der Waals surface area (Å²) in [4.78, 5) is 0. The Balaban J connectivity index is 1.82. The van der Waals surface area contributed by atoms with Crippen molar-refractivity contribution in [2.24, 2.45) is 5.10 Å². The SMILES string of the molecule is C/C(=N\[n+]1c(-c2ccccc2)cc(-c2ccccc2)cc1-c1ccccc1)c1ccccc1. The molecular weight excluding hydrogens is 400 g/mol. The first-order valence-corrected chi connectivity index (χ1v) is 11.2. The summed E-state index contributed by atoms with van der Waals surface area (Å²) in [6.07, 6.45) is 0. The Bertz CT molecular complexity index is 1310. The van der Waals surface area contributed by atoms with E-state index in [1.54, 1.807) is 0 Å². The Morgan fingerprint density at radius 2 is 0.879 bits per heavy atom. The fourth-order valence-corrected chi connectivity index (χ4v) is 4.01. The Labute approximate surface area is 195 Å². The zero-order valence-corrected chi connectivity index (χ0v) is 18.6. The minimum Gasteiger partial charge on any atom is -0.0622 e. The van der Waals surface area contributed by atoms with Crippen LogP contribution in [-0.2, 0) is 0 Å². The van der Waals surface area contributed by atoms with Crippen molar-refractivity contribution < 1.29 is 4.68 Å². The molecule has 0 saturated heterocycles. The second-order valence-corrected chi connectivity index (χ2v) is 7.98. The summed E-state index contributed by atoms with van der Waals surface area (Å²) in [6.45, 7) is 2.07. The monoisotopic (exact) mass is 425 g/mol. The van der Waals surface area contributed by atoms with Gasteiger partial charge >= 0.3 is 0 Å². The highest BCUT2D eigenvalue weighted by Gasteiger charge is 2.24. The van der Waals surface area contributed by atoms with Crippen LogP contribution in [0.5, 0.6) is 0 Å². The topological polar surface area (TPSA) is 16.2 Å². The van der Waals surface area contributed by atoms with Crippen LogP contribution in [-0.4, -0.2) is 5.71 Å². The van der Waals surface area contributed by atoms with E-state index < -0.39 is 0 Å². The van der Waals surface area contributed by atoms with E-state index in [9.17, 15) is 0 Å². The summed E-state index contributed by atoms with van der Waals surface area (Å²) in [5.74, 6) is 0. The van der Waals surface area contributed by atoms with Gasteiger partial charge in [0.15, 0.2) is 0 Å². The number of benzene rings is 4. The highest BCUT2D eigenvalue weighted by molar-refractivity contribution is 5.98. The molecule has 0 aliphatic heterocycles. The van der Waals surface area contributed by atoms with E-state index in [2.05, 4.69) is 115 Å². The average molecular weight is 426 g/mol. The Hall–Kier alpha value is -4.30. The molecule has 2 nitrogen and oxygen atoms in total. The molecule has 0 spiro atoms. The standard InChI is InChI=1S/C31H25N2/c1-24(25-14-6-2-7-15-25)32-33-30(27-18-10-4-11-19-27)22-29(26-16-8-3-9-17-26)23-31(33)28-20-12-5-13-21-28/h2-23H,1H3/q+1/b32-24+. The van der Waals surface area contributed by atoms with Gasteiger partial charge in [0, 0.05) is 33.9 Å². The van der Waals surface area contributed by atoms with E-state index in [1.165, 1.54) is 5.56 Å². The maximum absolute atomic E-state index is 5.15. The minimum atomic E-state index is 0.961. The molecule has 0 fully saturated rings. The largest absolute Gasteiger partial charge is 0.246 e. The number of rotatable bonds is 5. The summed E-state index contributed by atoms with van der Waals surface area (Å²) >= 11 is 0. The summed E-state index contributed by atoms with van der Waals surface area (Å²) in [6, 6.07) is 46.3. The van der Waals surface area contributed by atoms with Gasteiger partial charge in [-0.1, -0.05) is 97.1 Å². The summed E-state index contributed by atoms with van der Waals surface area (Å²) in [5, 5.41) is 5.15. The van der Waals surface area contributed by atoms with Gasteiger partial charge in [0.05, 0.1) is 0 Å². The van der Waals surface area contributed by atoms with E-state index in [0.717, 1.165) is 39.4 Å². The van der Waals surface area contributed by atoms with E-state index in [4.69, 9.17) is 5.10 Å². The lowest BCUT2D eigenvalue weighted by molar-refractivity contribution is -0.656. The van der Waals surface area contributed by atoms with E-state index in [-0.39, 0.29) is 0 Å². The first kappa shape index (κ1) is 20.6. The molecule has 0 bridgehead atoms. The molecule has 5 aromatic rings. The predicted octanol–water partition coefficient (Wildman–Crippen LogP) is 7.25. The molecule has 0 aliphatic carbocycles. The van der Waals surface area contributed by atoms with Gasteiger partial charge in [0.2, 0.25) is 11.4 Å². The highest BCUT2D eigenvalue weighted by Crippen LogP contribution is 2.29. The number of pyridine rings is 1. The van der Waals surface area contributed by atoms with Crippen molar-refractivity contribution in [1.29, 1.82) is 0 Å². The molecule has 33 heavy (non-hydrogen) atoms. The fraction of sp³-hybridized carbons (Fsp3) is 0.0323. The lowest BCUT2D eigenvalue weighted by atomic mass is 9.99. The minimum absolute atomic E-state index is 0.961. The average Bonchev–Trinajstić information content (AvgIpc) is 2.90. The van der Waals surface area contributed by atoms with Crippen molar-refractivity contribution in [1.82, 2.24) is 0 Å². The van der Waals surface area contributed by atoms with Crippen molar-refractivity contribution >= 4 is 5.71 Å². The fourth-order valence-electron chi connectivity index (χ4n) is 4.01. The zero-order chi connectivity index (χ0) is 22.5. The Kier molecular flexibility index (Phi) is 5.90. The van der Waals surface area contributed by atoms with Crippen LogP contribution in [0.25, 0.3) is 33.6 Å². The maximum Gasteiger partial charge on any atom is 0.246 e. The second kappa shape index (κ2) is 9.46. The molecule has 0 N–H and O–H groups in total. The molecule has 158 valence electrons. The molecule has 0 amide bonds. The van der Waals surface area contributed by atoms with Crippen molar-refractivity contribution in [3.8, 4) is 33.6 Å². The van der Waals surface area contributed by atoms with Crippen LogP contribution in [0.3, 0.4) is 0 Å². The summed E-state index contributed by atoms with van der Waals surface area (Å²) in [7, 11) is 0. The van der Waals surface area contributed by atoms with Crippen molar-refractivity contribution in [3.63, 3.8) is 0 Å². The molecule has 0 radical (unpaired) electrons. The van der Waals surface area contributed by atoms with Crippen molar-refractivity contribution in [2.45, 2.75) is 6.92 Å². The van der Waals surface area contributed by atoms with Gasteiger partial charge in [-0.2, -0.15) is 0 Å². The van der Waals surface area contributed by atoms with Crippen LogP contribution in [0, 0.1) is 0 Å². The van der Waals surface area contributed by atoms with Gasteiger partial charge in [-0.25, -0.2) is 0 Å². The van der Waals surface area contributed by atoms with Crippen LogP contribution in [0.1, 0.15) is 12.5 Å². The number of nitrogens with zero attached hydrogens (tertiary/aromatic N) is 2. The zero-order valence-electron chi connectivity index (χ0n) is 18.6. The van der Waals surface area contributed by atoms with Gasteiger partial charge in [-0.05, 0) is 47.0 Å². The summed E-state index contributed by atoms with van der Waals surface area (Å²) < 4.78 is 2.08. The quantitative estimate of drug-likeness (QED) is 0.208. The van der Waals surface area contributed by atoms with Crippen molar-refractivity contribution in [2.75, 3.05) is 0 Å². The first-order valence-electron chi connectivity index (χ1n) is 11.2. The van der Waals surface area contributed by atoms with Gasteiger partial charge in [-0.3, -0.25) is 0 Å². The molecule has 1 aromatic heterocycles. The van der Waals surface area contributed by atoms with Crippen LogP contribution in [0.2, 0.25) is 0 Å². The van der Waals surface area contributed by atoms with Crippen molar-refractivity contribution in [3.05, 3.63) is 139 Å². The van der Waals surface area contributed by atoms with Gasteiger partial charge in [0.1, 0.15) is 5.71 Å². The Morgan fingerprint density at radius 3 is 1.33 bits per heavy atom. The van der Waals surface area contributed by atoms with Gasteiger partial charge in [0.25, 0.3) is 0 Å². The maximum atomic E-state index is 5.15. The number of aromatic nitrogens is 1.